The predicted molar refractivity (Wildman–Crippen MR) is 60.7 cm³/mol. The molecular weight excluding hydrogens is 172 g/mol. The summed E-state index contributed by atoms with van der Waals surface area (Å²) in [5, 5.41) is 1.21. The molecule has 0 aromatic heterocycles. The lowest BCUT2D eigenvalue weighted by Crippen LogP contribution is -2.13. The van der Waals surface area contributed by atoms with Crippen molar-refractivity contribution in [2.45, 2.75) is 26.7 Å². The van der Waals surface area contributed by atoms with Gasteiger partial charge in [0.05, 0.1) is 10.2 Å². The van der Waals surface area contributed by atoms with Crippen LogP contribution in [0.25, 0.3) is 6.08 Å². The lowest BCUT2D eigenvalue weighted by molar-refractivity contribution is 1.04. The first-order chi connectivity index (χ1) is 6.24. The lowest BCUT2D eigenvalue weighted by Gasteiger charge is -2.12. The molecule has 0 heterocycles. The molecule has 0 unspecified atom stereocenters. The first-order valence-electron chi connectivity index (χ1n) is 4.73. The lowest BCUT2D eigenvalue weighted by atomic mass is 9.97. The van der Waals surface area contributed by atoms with Crippen LogP contribution in [0.4, 0.5) is 0 Å². The SMILES string of the molecule is C=Cc1ccc([Si])c(CC)c1CC. The van der Waals surface area contributed by atoms with E-state index in [2.05, 4.69) is 42.8 Å². The standard InChI is InChI=1S/C12H15Si/c1-4-9-7-8-12(13)11(6-3)10(9)5-2/h4,7-8H,1,5-6H2,2-3H3. The highest BCUT2D eigenvalue weighted by Gasteiger charge is 2.05. The third-order valence-electron chi connectivity index (χ3n) is 2.39. The van der Waals surface area contributed by atoms with Crippen molar-refractivity contribution >= 4 is 21.5 Å². The summed E-state index contributed by atoms with van der Waals surface area (Å²) in [6.07, 6.45) is 4.08. The van der Waals surface area contributed by atoms with Gasteiger partial charge in [-0.3, -0.25) is 0 Å². The maximum Gasteiger partial charge on any atom is 0.0715 e. The van der Waals surface area contributed by atoms with E-state index in [1.807, 2.05) is 6.08 Å². The summed E-state index contributed by atoms with van der Waals surface area (Å²) in [5.74, 6) is 0. The maximum atomic E-state index is 3.83. The zero-order valence-corrected chi connectivity index (χ0v) is 9.35. The quantitative estimate of drug-likeness (QED) is 0.637. The van der Waals surface area contributed by atoms with Crippen LogP contribution < -0.4 is 5.19 Å². The van der Waals surface area contributed by atoms with E-state index in [9.17, 15) is 0 Å². The molecule has 1 heteroatoms. The zero-order chi connectivity index (χ0) is 9.84. The van der Waals surface area contributed by atoms with Gasteiger partial charge in [-0.25, -0.2) is 0 Å². The van der Waals surface area contributed by atoms with Crippen molar-refractivity contribution in [1.82, 2.24) is 0 Å². The Morgan fingerprint density at radius 3 is 2.31 bits per heavy atom. The molecule has 1 aromatic rings. The van der Waals surface area contributed by atoms with Crippen molar-refractivity contribution in [2.75, 3.05) is 0 Å². The summed E-state index contributed by atoms with van der Waals surface area (Å²) in [6.45, 7) is 8.20. The Labute approximate surface area is 84.1 Å². The Bertz CT molecular complexity index is 313. The van der Waals surface area contributed by atoms with Gasteiger partial charge in [0.15, 0.2) is 0 Å². The number of hydrogen-bond acceptors (Lipinski definition) is 0. The minimum Gasteiger partial charge on any atom is -0.0985 e. The summed E-state index contributed by atoms with van der Waals surface area (Å²) in [5.41, 5.74) is 4.10. The van der Waals surface area contributed by atoms with Crippen molar-refractivity contribution in [3.63, 3.8) is 0 Å². The van der Waals surface area contributed by atoms with Crippen LogP contribution in [0.1, 0.15) is 30.5 Å². The molecule has 67 valence electrons. The van der Waals surface area contributed by atoms with Crippen LogP contribution in [0.2, 0.25) is 0 Å². The van der Waals surface area contributed by atoms with Gasteiger partial charge in [0.2, 0.25) is 0 Å². The fourth-order valence-electron chi connectivity index (χ4n) is 1.72. The highest BCUT2D eigenvalue weighted by atomic mass is 28.1. The fraction of sp³-hybridized carbons (Fsp3) is 0.333. The van der Waals surface area contributed by atoms with Gasteiger partial charge < -0.3 is 0 Å². The van der Waals surface area contributed by atoms with Crippen LogP contribution in [0.3, 0.4) is 0 Å². The highest BCUT2D eigenvalue weighted by molar-refractivity contribution is 6.33. The largest absolute Gasteiger partial charge is 0.0985 e. The summed E-state index contributed by atoms with van der Waals surface area (Å²) in [6, 6.07) is 4.22. The smallest absolute Gasteiger partial charge is 0.0715 e. The topological polar surface area (TPSA) is 0 Å². The predicted octanol–water partition coefficient (Wildman–Crippen LogP) is 2.25. The maximum absolute atomic E-state index is 3.83. The molecule has 13 heavy (non-hydrogen) atoms. The van der Waals surface area contributed by atoms with E-state index in [-0.39, 0.29) is 0 Å². The first-order valence-corrected chi connectivity index (χ1v) is 5.23. The van der Waals surface area contributed by atoms with E-state index in [0.29, 0.717) is 0 Å². The zero-order valence-electron chi connectivity index (χ0n) is 8.35. The van der Waals surface area contributed by atoms with Crippen molar-refractivity contribution in [1.29, 1.82) is 0 Å². The Morgan fingerprint density at radius 1 is 1.23 bits per heavy atom. The Balaban J connectivity index is 3.35. The summed E-state index contributed by atoms with van der Waals surface area (Å²) in [7, 11) is 3.63. The van der Waals surface area contributed by atoms with Gasteiger partial charge in [0, 0.05) is 0 Å². The van der Waals surface area contributed by atoms with Crippen LogP contribution in [-0.2, 0) is 12.8 Å². The molecule has 0 bridgehead atoms. The molecule has 1 rings (SSSR count). The van der Waals surface area contributed by atoms with E-state index in [1.54, 1.807) is 0 Å². The monoisotopic (exact) mass is 187 g/mol. The van der Waals surface area contributed by atoms with Gasteiger partial charge in [0.1, 0.15) is 0 Å². The van der Waals surface area contributed by atoms with Crippen molar-refractivity contribution < 1.29 is 0 Å². The molecule has 0 aliphatic rings. The molecule has 0 N–H and O–H groups in total. The Morgan fingerprint density at radius 2 is 1.85 bits per heavy atom. The van der Waals surface area contributed by atoms with Gasteiger partial charge >= 0.3 is 0 Å². The average molecular weight is 187 g/mol. The van der Waals surface area contributed by atoms with Gasteiger partial charge in [-0.05, 0) is 29.5 Å². The molecule has 0 aliphatic heterocycles. The van der Waals surface area contributed by atoms with Crippen LogP contribution >= 0.6 is 0 Å². The van der Waals surface area contributed by atoms with Gasteiger partial charge in [-0.15, -0.1) is 0 Å². The minimum absolute atomic E-state index is 1.07. The van der Waals surface area contributed by atoms with Crippen LogP contribution in [-0.4, -0.2) is 10.2 Å². The Kier molecular flexibility index (Phi) is 3.49. The van der Waals surface area contributed by atoms with Gasteiger partial charge in [0.25, 0.3) is 0 Å². The van der Waals surface area contributed by atoms with Crippen molar-refractivity contribution in [3.8, 4) is 0 Å². The van der Waals surface area contributed by atoms with E-state index in [0.717, 1.165) is 12.8 Å². The number of benzene rings is 1. The van der Waals surface area contributed by atoms with Crippen LogP contribution in [0.15, 0.2) is 18.7 Å². The van der Waals surface area contributed by atoms with Crippen molar-refractivity contribution in [3.05, 3.63) is 35.4 Å². The third kappa shape index (κ3) is 1.91. The first kappa shape index (κ1) is 10.3. The van der Waals surface area contributed by atoms with E-state index >= 15 is 0 Å². The summed E-state index contributed by atoms with van der Waals surface area (Å²) < 4.78 is 0. The normalized spacial score (nSPS) is 10.1. The van der Waals surface area contributed by atoms with Gasteiger partial charge in [-0.2, -0.15) is 0 Å². The van der Waals surface area contributed by atoms with E-state index in [1.165, 1.54) is 21.9 Å². The van der Waals surface area contributed by atoms with Crippen LogP contribution in [0, 0.1) is 0 Å². The van der Waals surface area contributed by atoms with Crippen molar-refractivity contribution in [2.24, 2.45) is 0 Å². The summed E-state index contributed by atoms with van der Waals surface area (Å²) >= 11 is 0. The molecule has 1 aromatic carbocycles. The van der Waals surface area contributed by atoms with E-state index in [4.69, 9.17) is 0 Å². The molecular formula is C12H15Si. The molecule has 3 radical (unpaired) electrons. The fourth-order valence-corrected chi connectivity index (χ4v) is 2.13. The third-order valence-corrected chi connectivity index (χ3v) is 2.86. The van der Waals surface area contributed by atoms with Gasteiger partial charge in [-0.1, -0.05) is 43.8 Å². The molecule has 0 amide bonds. The molecule has 0 nitrogen and oxygen atoms in total. The molecule has 0 saturated carbocycles. The Hall–Kier alpha value is -0.823. The second-order valence-corrected chi connectivity index (χ2v) is 3.61. The second-order valence-electron chi connectivity index (χ2n) is 3.07. The number of hydrogen-bond donors (Lipinski definition) is 0. The molecule has 0 fully saturated rings. The average Bonchev–Trinajstić information content (AvgIpc) is 2.17. The summed E-state index contributed by atoms with van der Waals surface area (Å²) in [4.78, 5) is 0. The molecule has 0 saturated heterocycles. The van der Waals surface area contributed by atoms with Crippen LogP contribution in [0.5, 0.6) is 0 Å². The highest BCUT2D eigenvalue weighted by Crippen LogP contribution is 2.15. The molecule has 0 aliphatic carbocycles. The molecule has 0 atom stereocenters. The molecule has 0 spiro atoms. The minimum atomic E-state index is 1.07. The second kappa shape index (κ2) is 4.42. The number of rotatable bonds is 3. The van der Waals surface area contributed by atoms with E-state index < -0.39 is 0 Å².